The molecule has 332 valence electrons. The third kappa shape index (κ3) is 8.14. The van der Waals surface area contributed by atoms with Crippen LogP contribution < -0.4 is 0 Å². The van der Waals surface area contributed by atoms with Crippen molar-refractivity contribution in [1.82, 2.24) is 9.80 Å². The van der Waals surface area contributed by atoms with Gasteiger partial charge in [-0.25, -0.2) is 0 Å². The molecule has 1 spiro atoms. The van der Waals surface area contributed by atoms with E-state index < -0.39 is 17.6 Å². The molecule has 12 heteroatoms. The van der Waals surface area contributed by atoms with Crippen molar-refractivity contribution in [2.75, 3.05) is 40.5 Å². The Bertz CT molecular complexity index is 2240. The molecule has 3 fully saturated rings. The quantitative estimate of drug-likeness (QED) is 0.169. The van der Waals surface area contributed by atoms with E-state index in [1.54, 1.807) is 0 Å². The number of carbonyl (C=O) groups is 4. The first kappa shape index (κ1) is 43.1. The van der Waals surface area contributed by atoms with Crippen LogP contribution in [0.4, 0.5) is 11.4 Å². The van der Waals surface area contributed by atoms with Gasteiger partial charge in [-0.05, 0) is 106 Å². The Morgan fingerprint density at radius 3 is 1.49 bits per heavy atom. The smallest absolute Gasteiger partial charge is 0.306 e. The lowest BCUT2D eigenvalue weighted by Crippen LogP contribution is -2.45. The van der Waals surface area contributed by atoms with Crippen molar-refractivity contribution in [3.05, 3.63) is 70.8 Å². The fraction of sp³-hybridized carbons (Fsp3) is 0.529. The first-order chi connectivity index (χ1) is 30.4. The van der Waals surface area contributed by atoms with E-state index in [0.29, 0.717) is 52.0 Å². The van der Waals surface area contributed by atoms with Gasteiger partial charge in [0.25, 0.3) is 0 Å². The van der Waals surface area contributed by atoms with E-state index in [2.05, 4.69) is 48.5 Å². The summed E-state index contributed by atoms with van der Waals surface area (Å²) < 4.78 is 22.6. The van der Waals surface area contributed by atoms with Gasteiger partial charge in [0.05, 0.1) is 75.6 Å². The van der Waals surface area contributed by atoms with Crippen LogP contribution in [-0.2, 0) is 63.8 Å². The van der Waals surface area contributed by atoms with E-state index in [1.807, 2.05) is 37.5 Å². The summed E-state index contributed by atoms with van der Waals surface area (Å²) in [7, 11) is 2.74. The van der Waals surface area contributed by atoms with E-state index in [4.69, 9.17) is 28.9 Å². The number of ether oxygens (including phenoxy) is 4. The molecule has 0 N–H and O–H groups in total. The molecule has 2 amide bonds. The SMILES string of the molecule is COC(=O)C[C@H](C(=O)N1CCC[C@H]1C1=Nc2ccc(-c3ccc(-c4ccc5c(c4)CC([C@@H]4CCCN4C(=O)[C@@H](CC(=O)OC)C(C)C)=N5)c4c3CC3(C4)OCCO3)cc2C1)C(C)C. The maximum absolute atomic E-state index is 13.9. The van der Waals surface area contributed by atoms with Crippen LogP contribution in [0.1, 0.15) is 88.5 Å². The molecule has 5 aliphatic heterocycles. The molecule has 5 heterocycles. The predicted molar refractivity (Wildman–Crippen MR) is 240 cm³/mol. The number of methoxy groups -OCH3 is 2. The molecule has 6 aliphatic rings. The molecule has 3 aromatic rings. The second-order valence-corrected chi connectivity index (χ2v) is 19.0. The third-order valence-corrected chi connectivity index (χ3v) is 14.5. The third-order valence-electron chi connectivity index (χ3n) is 14.5. The van der Waals surface area contributed by atoms with Crippen LogP contribution in [0.2, 0.25) is 0 Å². The predicted octanol–water partition coefficient (Wildman–Crippen LogP) is 7.77. The van der Waals surface area contributed by atoms with Crippen LogP contribution in [0.5, 0.6) is 0 Å². The number of nitrogens with zero attached hydrogens (tertiary/aromatic N) is 4. The molecule has 12 nitrogen and oxygen atoms in total. The normalized spacial score (nSPS) is 21.7. The Kier molecular flexibility index (Phi) is 11.9. The highest BCUT2D eigenvalue weighted by Crippen LogP contribution is 2.47. The summed E-state index contributed by atoms with van der Waals surface area (Å²) in [6, 6.07) is 17.4. The molecule has 3 saturated heterocycles. The summed E-state index contributed by atoms with van der Waals surface area (Å²) in [6.45, 7) is 10.4. The highest BCUT2D eigenvalue weighted by Gasteiger charge is 2.45. The highest BCUT2D eigenvalue weighted by molar-refractivity contribution is 6.02. The number of amides is 2. The summed E-state index contributed by atoms with van der Waals surface area (Å²) in [5, 5.41) is 0. The minimum atomic E-state index is -0.687. The van der Waals surface area contributed by atoms with Crippen molar-refractivity contribution < 1.29 is 38.1 Å². The Morgan fingerprint density at radius 2 is 1.10 bits per heavy atom. The Balaban J connectivity index is 0.952. The standard InChI is InChI=1S/C51H60N4O8/c1-29(2)37(25-47(56)60-5)49(58)54-17-7-9-45(54)43-23-33-21-31(11-15-41(33)52-43)35-13-14-36(40-28-51(27-39(35)40)62-19-20-63-51)32-12-16-42-34(22-32)24-44(53-42)46-10-8-18-55(46)50(59)38(30(3)4)26-48(57)61-6/h11-16,21-22,29-30,37-38,45-46H,7-10,17-20,23-28H2,1-6H3/t37-,38-,45-,46-/m0/s1. The van der Waals surface area contributed by atoms with Crippen molar-refractivity contribution in [3.63, 3.8) is 0 Å². The van der Waals surface area contributed by atoms with Gasteiger partial charge >= 0.3 is 11.9 Å². The van der Waals surface area contributed by atoms with E-state index in [1.165, 1.54) is 25.3 Å². The number of likely N-dealkylation sites (tertiary alicyclic amines) is 2. The molecule has 0 bridgehead atoms. The van der Waals surface area contributed by atoms with Gasteiger partial charge in [-0.1, -0.05) is 52.0 Å². The van der Waals surface area contributed by atoms with E-state index in [9.17, 15) is 19.2 Å². The lowest BCUT2D eigenvalue weighted by atomic mass is 9.89. The highest BCUT2D eigenvalue weighted by atomic mass is 16.7. The van der Waals surface area contributed by atoms with Crippen molar-refractivity contribution >= 4 is 46.6 Å². The van der Waals surface area contributed by atoms with Crippen molar-refractivity contribution in [3.8, 4) is 22.3 Å². The summed E-state index contributed by atoms with van der Waals surface area (Å²) >= 11 is 0. The summed E-state index contributed by atoms with van der Waals surface area (Å²) in [5.74, 6) is -2.23. The summed E-state index contributed by atoms with van der Waals surface area (Å²) in [5.41, 5.74) is 13.2. The minimum absolute atomic E-state index is 0.00956. The van der Waals surface area contributed by atoms with Crippen molar-refractivity contribution in [2.24, 2.45) is 33.7 Å². The van der Waals surface area contributed by atoms with E-state index in [-0.39, 0.29) is 60.5 Å². The Hall–Kier alpha value is -5.20. The van der Waals surface area contributed by atoms with Crippen molar-refractivity contribution in [2.45, 2.75) is 110 Å². The lowest BCUT2D eigenvalue weighted by molar-refractivity contribution is -0.148. The first-order valence-electron chi connectivity index (χ1n) is 23.0. The van der Waals surface area contributed by atoms with E-state index in [0.717, 1.165) is 81.9 Å². The summed E-state index contributed by atoms with van der Waals surface area (Å²) in [6.07, 6.45) is 6.35. The number of aliphatic imine (C=N–C) groups is 2. The van der Waals surface area contributed by atoms with Crippen LogP contribution in [0, 0.1) is 23.7 Å². The second-order valence-electron chi connectivity index (χ2n) is 19.0. The molecule has 4 atom stereocenters. The van der Waals surface area contributed by atoms with Gasteiger partial charge in [-0.3, -0.25) is 29.2 Å². The molecule has 0 unspecified atom stereocenters. The molecule has 0 aromatic heterocycles. The van der Waals surface area contributed by atoms with E-state index >= 15 is 0 Å². The van der Waals surface area contributed by atoms with Crippen LogP contribution in [-0.4, -0.2) is 103 Å². The number of hydrogen-bond acceptors (Lipinski definition) is 10. The average Bonchev–Trinajstić information content (AvgIpc) is 4.14. The number of fused-ring (bicyclic) bond motifs is 3. The number of esters is 2. The lowest BCUT2D eigenvalue weighted by Gasteiger charge is -2.30. The zero-order valence-electron chi connectivity index (χ0n) is 37.5. The average molecular weight is 857 g/mol. The number of carbonyl (C=O) groups excluding carboxylic acids is 4. The maximum atomic E-state index is 13.9. The Labute approximate surface area is 370 Å². The first-order valence-corrected chi connectivity index (χ1v) is 23.0. The van der Waals surface area contributed by atoms with Gasteiger partial charge in [-0.15, -0.1) is 0 Å². The van der Waals surface area contributed by atoms with Gasteiger partial charge in [0, 0.05) is 50.2 Å². The zero-order valence-corrected chi connectivity index (χ0v) is 37.5. The van der Waals surface area contributed by atoms with Gasteiger partial charge in [0.15, 0.2) is 5.79 Å². The molecule has 0 saturated carbocycles. The van der Waals surface area contributed by atoms with Crippen LogP contribution in [0.3, 0.4) is 0 Å². The van der Waals surface area contributed by atoms with Crippen LogP contribution in [0.15, 0.2) is 58.5 Å². The molecule has 9 rings (SSSR count). The van der Waals surface area contributed by atoms with Gasteiger partial charge in [0.1, 0.15) is 0 Å². The van der Waals surface area contributed by atoms with Crippen molar-refractivity contribution in [1.29, 1.82) is 0 Å². The van der Waals surface area contributed by atoms with Crippen LogP contribution >= 0.6 is 0 Å². The monoisotopic (exact) mass is 856 g/mol. The molecule has 1 aliphatic carbocycles. The zero-order chi connectivity index (χ0) is 44.2. The topological polar surface area (TPSA) is 136 Å². The minimum Gasteiger partial charge on any atom is -0.469 e. The van der Waals surface area contributed by atoms with Gasteiger partial charge in [-0.2, -0.15) is 0 Å². The number of rotatable bonds is 12. The number of benzene rings is 3. The molecule has 3 aromatic carbocycles. The maximum Gasteiger partial charge on any atom is 0.306 e. The molecular weight excluding hydrogens is 797 g/mol. The fourth-order valence-corrected chi connectivity index (χ4v) is 11.0. The molecule has 63 heavy (non-hydrogen) atoms. The summed E-state index contributed by atoms with van der Waals surface area (Å²) in [4.78, 5) is 66.4. The van der Waals surface area contributed by atoms with Crippen LogP contribution in [0.25, 0.3) is 22.3 Å². The largest absolute Gasteiger partial charge is 0.469 e. The second kappa shape index (κ2) is 17.4. The molecule has 0 radical (unpaired) electrons. The van der Waals surface area contributed by atoms with Gasteiger partial charge in [0.2, 0.25) is 11.8 Å². The van der Waals surface area contributed by atoms with Gasteiger partial charge < -0.3 is 28.7 Å². The fourth-order valence-electron chi connectivity index (χ4n) is 11.0. The Morgan fingerprint density at radius 1 is 0.667 bits per heavy atom. The molecular formula is C51H60N4O8. The number of hydrogen-bond donors (Lipinski definition) is 0.